The molecule has 0 aliphatic carbocycles. The standard InChI is InChI=1S/C30H27ClFN5O3.C2H6O/c1-35-28(37-12-11-27(38)34-30(37)39)14-33-29(35)20-7-8-21-16-36(17-22(21)13-20)15-19-5-9-23(10-6-19)40-18-24-25(31)3-2-4-26(24)32;1-3-2/h2-10,13-14H,11-12,15-18H2,1H3,(H,34,38,39);1-2H3. The van der Waals surface area contributed by atoms with Crippen molar-refractivity contribution in [2.45, 2.75) is 32.7 Å². The first-order valence-electron chi connectivity index (χ1n) is 13.8. The maximum absolute atomic E-state index is 14.0. The number of benzene rings is 3. The summed E-state index contributed by atoms with van der Waals surface area (Å²) in [4.78, 5) is 32.3. The molecule has 2 aliphatic rings. The normalized spacial score (nSPS) is 14.7. The Balaban J connectivity index is 0.00000118. The molecule has 11 heteroatoms. The molecule has 224 valence electrons. The molecule has 1 aromatic heterocycles. The van der Waals surface area contributed by atoms with Crippen LogP contribution < -0.4 is 15.0 Å². The van der Waals surface area contributed by atoms with Crippen LogP contribution in [0, 0.1) is 5.82 Å². The van der Waals surface area contributed by atoms with Gasteiger partial charge in [-0.25, -0.2) is 14.2 Å². The van der Waals surface area contributed by atoms with Gasteiger partial charge in [0.15, 0.2) is 0 Å². The van der Waals surface area contributed by atoms with E-state index in [1.54, 1.807) is 37.4 Å². The third-order valence-electron chi connectivity index (χ3n) is 7.32. The maximum Gasteiger partial charge on any atom is 0.329 e. The Hall–Kier alpha value is -4.25. The number of hydrogen-bond donors (Lipinski definition) is 1. The fourth-order valence-electron chi connectivity index (χ4n) is 5.19. The molecule has 0 spiro atoms. The van der Waals surface area contributed by atoms with Crippen LogP contribution in [-0.2, 0) is 42.8 Å². The fraction of sp³-hybridized carbons (Fsp3) is 0.281. The van der Waals surface area contributed by atoms with Crippen molar-refractivity contribution in [1.82, 2.24) is 19.8 Å². The van der Waals surface area contributed by atoms with E-state index in [1.165, 1.54) is 17.2 Å². The van der Waals surface area contributed by atoms with E-state index in [1.807, 2.05) is 35.9 Å². The van der Waals surface area contributed by atoms with Gasteiger partial charge in [-0.3, -0.25) is 19.9 Å². The van der Waals surface area contributed by atoms with E-state index in [9.17, 15) is 14.0 Å². The number of imide groups is 1. The molecule has 1 saturated heterocycles. The molecular weight excluding hydrogens is 573 g/mol. The van der Waals surface area contributed by atoms with Crippen molar-refractivity contribution in [2.75, 3.05) is 25.7 Å². The number of urea groups is 1. The van der Waals surface area contributed by atoms with Crippen LogP contribution in [0.1, 0.15) is 28.7 Å². The summed E-state index contributed by atoms with van der Waals surface area (Å²) >= 11 is 6.09. The monoisotopic (exact) mass is 605 g/mol. The zero-order valence-corrected chi connectivity index (χ0v) is 25.0. The lowest BCUT2D eigenvalue weighted by Crippen LogP contribution is -2.50. The number of nitrogens with zero attached hydrogens (tertiary/aromatic N) is 4. The predicted octanol–water partition coefficient (Wildman–Crippen LogP) is 5.68. The maximum atomic E-state index is 14.0. The topological polar surface area (TPSA) is 88.9 Å². The zero-order valence-electron chi connectivity index (χ0n) is 24.3. The first-order valence-corrected chi connectivity index (χ1v) is 14.2. The summed E-state index contributed by atoms with van der Waals surface area (Å²) in [5.41, 5.74) is 4.98. The van der Waals surface area contributed by atoms with Crippen LogP contribution in [0.4, 0.5) is 15.0 Å². The molecule has 3 amide bonds. The van der Waals surface area contributed by atoms with E-state index in [2.05, 4.69) is 38.1 Å². The Morgan fingerprint density at radius 3 is 2.49 bits per heavy atom. The predicted molar refractivity (Wildman–Crippen MR) is 162 cm³/mol. The van der Waals surface area contributed by atoms with Crippen molar-refractivity contribution in [2.24, 2.45) is 7.05 Å². The number of rotatable bonds is 7. The molecule has 9 nitrogen and oxygen atoms in total. The zero-order chi connectivity index (χ0) is 30.5. The summed E-state index contributed by atoms with van der Waals surface area (Å²) in [6.45, 7) is 2.82. The van der Waals surface area contributed by atoms with E-state index in [0.717, 1.165) is 36.6 Å². The van der Waals surface area contributed by atoms with Crippen LogP contribution in [0.5, 0.6) is 5.75 Å². The van der Waals surface area contributed by atoms with Gasteiger partial charge in [0.1, 0.15) is 29.8 Å². The number of carbonyl (C=O) groups excluding carboxylic acids is 2. The van der Waals surface area contributed by atoms with Crippen LogP contribution in [0.2, 0.25) is 5.02 Å². The number of carbonyl (C=O) groups is 2. The summed E-state index contributed by atoms with van der Waals surface area (Å²) in [5, 5.41) is 2.71. The molecule has 4 aromatic rings. The number of amides is 3. The highest BCUT2D eigenvalue weighted by atomic mass is 35.5. The van der Waals surface area contributed by atoms with Crippen LogP contribution >= 0.6 is 11.6 Å². The van der Waals surface area contributed by atoms with Crippen molar-refractivity contribution in [3.63, 3.8) is 0 Å². The lowest BCUT2D eigenvalue weighted by atomic mass is 10.1. The van der Waals surface area contributed by atoms with Gasteiger partial charge in [0.2, 0.25) is 5.91 Å². The average Bonchev–Trinajstić information content (AvgIpc) is 3.56. The van der Waals surface area contributed by atoms with Crippen LogP contribution in [-0.4, -0.2) is 47.2 Å². The highest BCUT2D eigenvalue weighted by molar-refractivity contribution is 6.31. The number of aromatic nitrogens is 2. The van der Waals surface area contributed by atoms with Gasteiger partial charge in [-0.05, 0) is 47.0 Å². The highest BCUT2D eigenvalue weighted by Crippen LogP contribution is 2.31. The van der Waals surface area contributed by atoms with Crippen molar-refractivity contribution >= 4 is 29.4 Å². The third kappa shape index (κ3) is 6.88. The molecule has 1 fully saturated rings. The largest absolute Gasteiger partial charge is 0.489 e. The number of hydrogen-bond acceptors (Lipinski definition) is 6. The Kier molecular flexibility index (Phi) is 9.40. The molecule has 2 aliphatic heterocycles. The van der Waals surface area contributed by atoms with Gasteiger partial charge in [0.25, 0.3) is 0 Å². The second-order valence-electron chi connectivity index (χ2n) is 10.4. The Morgan fingerprint density at radius 2 is 1.77 bits per heavy atom. The minimum atomic E-state index is -0.426. The molecular formula is C32H33ClFN5O4. The van der Waals surface area contributed by atoms with E-state index >= 15 is 0 Å². The number of anilines is 1. The molecule has 0 saturated carbocycles. The van der Waals surface area contributed by atoms with Gasteiger partial charge < -0.3 is 14.0 Å². The number of methoxy groups -OCH3 is 1. The Morgan fingerprint density at radius 1 is 1.02 bits per heavy atom. The average molecular weight is 606 g/mol. The molecule has 3 aromatic carbocycles. The van der Waals surface area contributed by atoms with Gasteiger partial charge in [-0.1, -0.05) is 41.9 Å². The second-order valence-corrected chi connectivity index (χ2v) is 10.8. The third-order valence-corrected chi connectivity index (χ3v) is 7.68. The first kappa shape index (κ1) is 30.2. The van der Waals surface area contributed by atoms with Crippen molar-refractivity contribution < 1.29 is 23.5 Å². The number of ether oxygens (including phenoxy) is 2. The van der Waals surface area contributed by atoms with Gasteiger partial charge >= 0.3 is 6.03 Å². The van der Waals surface area contributed by atoms with E-state index < -0.39 is 6.03 Å². The Bertz CT molecular complexity index is 1600. The highest BCUT2D eigenvalue weighted by Gasteiger charge is 2.27. The lowest BCUT2D eigenvalue weighted by molar-refractivity contribution is -0.120. The summed E-state index contributed by atoms with van der Waals surface area (Å²) in [5.74, 6) is 1.41. The minimum Gasteiger partial charge on any atom is -0.489 e. The SMILES string of the molecule is COC.Cn1c(N2CCC(=O)NC2=O)cnc1-c1ccc2c(c1)CN(Cc1ccc(OCc3c(F)cccc3Cl)cc1)C2. The van der Waals surface area contributed by atoms with E-state index in [0.29, 0.717) is 28.7 Å². The minimum absolute atomic E-state index is 0.0665. The molecule has 0 radical (unpaired) electrons. The van der Waals surface area contributed by atoms with Gasteiger partial charge in [0, 0.05) is 65.0 Å². The fourth-order valence-corrected chi connectivity index (χ4v) is 5.41. The summed E-state index contributed by atoms with van der Waals surface area (Å²) in [6.07, 6.45) is 1.93. The molecule has 1 N–H and O–H groups in total. The Labute approximate surface area is 254 Å². The van der Waals surface area contributed by atoms with E-state index in [-0.39, 0.29) is 24.8 Å². The number of imidazole rings is 1. The quantitative estimate of drug-likeness (QED) is 0.291. The van der Waals surface area contributed by atoms with Crippen molar-refractivity contribution in [3.8, 4) is 17.1 Å². The molecule has 43 heavy (non-hydrogen) atoms. The second kappa shape index (κ2) is 13.4. The molecule has 0 unspecified atom stereocenters. The molecule has 3 heterocycles. The van der Waals surface area contributed by atoms with Gasteiger partial charge in [0.05, 0.1) is 11.2 Å². The lowest BCUT2D eigenvalue weighted by Gasteiger charge is -2.26. The first-order chi connectivity index (χ1) is 20.8. The van der Waals surface area contributed by atoms with Crippen LogP contribution in [0.15, 0.2) is 66.9 Å². The molecule has 0 bridgehead atoms. The van der Waals surface area contributed by atoms with E-state index in [4.69, 9.17) is 16.3 Å². The smallest absolute Gasteiger partial charge is 0.329 e. The van der Waals surface area contributed by atoms with Crippen LogP contribution in [0.25, 0.3) is 11.4 Å². The van der Waals surface area contributed by atoms with Gasteiger partial charge in [-0.2, -0.15) is 0 Å². The number of fused-ring (bicyclic) bond motifs is 1. The number of halogens is 2. The summed E-state index contributed by atoms with van der Waals surface area (Å²) in [6, 6.07) is 18.3. The van der Waals surface area contributed by atoms with Crippen molar-refractivity contribution in [1.29, 1.82) is 0 Å². The summed E-state index contributed by atoms with van der Waals surface area (Å²) in [7, 11) is 5.12. The van der Waals surface area contributed by atoms with Crippen LogP contribution in [0.3, 0.4) is 0 Å². The number of nitrogens with one attached hydrogen (secondary N) is 1. The van der Waals surface area contributed by atoms with Crippen molar-refractivity contribution in [3.05, 3.63) is 100.0 Å². The summed E-state index contributed by atoms with van der Waals surface area (Å²) < 4.78 is 25.9. The van der Waals surface area contributed by atoms with Gasteiger partial charge in [-0.15, -0.1) is 0 Å². The molecule has 0 atom stereocenters. The molecule has 6 rings (SSSR count).